The third-order valence-electron chi connectivity index (χ3n) is 6.84. The first-order valence-electron chi connectivity index (χ1n) is 11.3. The highest BCUT2D eigenvalue weighted by Gasteiger charge is 2.45. The van der Waals surface area contributed by atoms with Crippen LogP contribution in [0, 0.1) is 0 Å². The zero-order chi connectivity index (χ0) is 21.1. The van der Waals surface area contributed by atoms with Gasteiger partial charge >= 0.3 is 0 Å². The summed E-state index contributed by atoms with van der Waals surface area (Å²) < 4.78 is 2.26. The number of rotatable bonds is 6. The minimum absolute atomic E-state index is 0.318. The van der Waals surface area contributed by atoms with Crippen molar-refractivity contribution in [1.82, 2.24) is 19.4 Å². The standard InChI is InChI=1S/C24H33ClN4O/c1-19(2)22-26-11-12-28(22)16-13-27-14-17-29(18-15-27)23(30)24(9-3-4-10-24)20-5-7-21(25)8-6-20/h5-8,11-12,19H,3-4,9-10,13-18H2,1-2H3. The lowest BCUT2D eigenvalue weighted by Crippen LogP contribution is -2.54. The quantitative estimate of drug-likeness (QED) is 0.688. The van der Waals surface area contributed by atoms with Gasteiger partial charge in [-0.3, -0.25) is 9.69 Å². The van der Waals surface area contributed by atoms with E-state index in [-0.39, 0.29) is 5.41 Å². The van der Waals surface area contributed by atoms with Crippen LogP contribution in [0.3, 0.4) is 0 Å². The maximum absolute atomic E-state index is 13.6. The molecule has 2 aliphatic rings. The van der Waals surface area contributed by atoms with E-state index >= 15 is 0 Å². The molecule has 1 aromatic carbocycles. The number of hydrogen-bond acceptors (Lipinski definition) is 3. The zero-order valence-corrected chi connectivity index (χ0v) is 18.9. The molecule has 0 radical (unpaired) electrons. The van der Waals surface area contributed by atoms with E-state index in [1.807, 2.05) is 18.3 Å². The van der Waals surface area contributed by atoms with Crippen molar-refractivity contribution in [1.29, 1.82) is 0 Å². The first-order chi connectivity index (χ1) is 14.5. The molecule has 1 aromatic heterocycles. The van der Waals surface area contributed by atoms with Crippen molar-refractivity contribution in [3.63, 3.8) is 0 Å². The Kier molecular flexibility index (Phi) is 6.49. The molecule has 1 amide bonds. The third-order valence-corrected chi connectivity index (χ3v) is 7.10. The summed E-state index contributed by atoms with van der Waals surface area (Å²) in [5.41, 5.74) is 0.786. The molecular formula is C24H33ClN4O. The van der Waals surface area contributed by atoms with Crippen LogP contribution in [0.15, 0.2) is 36.7 Å². The van der Waals surface area contributed by atoms with Gasteiger partial charge in [0.15, 0.2) is 0 Å². The fraction of sp³-hybridized carbons (Fsp3) is 0.583. The molecule has 30 heavy (non-hydrogen) atoms. The molecule has 0 N–H and O–H groups in total. The second kappa shape index (κ2) is 9.11. The third kappa shape index (κ3) is 4.28. The predicted octanol–water partition coefficient (Wildman–Crippen LogP) is 4.32. The van der Waals surface area contributed by atoms with E-state index in [0.717, 1.165) is 81.4 Å². The highest BCUT2D eigenvalue weighted by Crippen LogP contribution is 2.43. The molecule has 2 aromatic rings. The Balaban J connectivity index is 1.36. The monoisotopic (exact) mass is 428 g/mol. The lowest BCUT2D eigenvalue weighted by Gasteiger charge is -2.40. The maximum atomic E-state index is 13.6. The summed E-state index contributed by atoms with van der Waals surface area (Å²) in [5.74, 6) is 1.90. The predicted molar refractivity (Wildman–Crippen MR) is 121 cm³/mol. The van der Waals surface area contributed by atoms with Crippen LogP contribution in [0.2, 0.25) is 5.02 Å². The molecule has 4 rings (SSSR count). The van der Waals surface area contributed by atoms with Crippen LogP contribution in [-0.4, -0.2) is 58.0 Å². The summed E-state index contributed by atoms with van der Waals surface area (Å²) in [5, 5.41) is 0.728. The number of imidazole rings is 1. The molecular weight excluding hydrogens is 396 g/mol. The average Bonchev–Trinajstić information content (AvgIpc) is 3.43. The van der Waals surface area contributed by atoms with Gasteiger partial charge in [-0.1, -0.05) is 50.4 Å². The highest BCUT2D eigenvalue weighted by atomic mass is 35.5. The van der Waals surface area contributed by atoms with Crippen molar-refractivity contribution in [2.24, 2.45) is 0 Å². The Morgan fingerprint density at radius 1 is 1.07 bits per heavy atom. The molecule has 1 aliphatic carbocycles. The average molecular weight is 429 g/mol. The molecule has 6 heteroatoms. The van der Waals surface area contributed by atoms with E-state index in [2.05, 4.69) is 51.5 Å². The SMILES string of the molecule is CC(C)c1nccn1CCN1CCN(C(=O)C2(c3ccc(Cl)cc3)CCCC2)CC1. The molecule has 0 atom stereocenters. The summed E-state index contributed by atoms with van der Waals surface area (Å²) in [6, 6.07) is 7.95. The molecule has 2 fully saturated rings. The Morgan fingerprint density at radius 2 is 1.73 bits per heavy atom. The normalized spacial score (nSPS) is 19.5. The largest absolute Gasteiger partial charge is 0.339 e. The number of carbonyl (C=O) groups excluding carboxylic acids is 1. The number of aromatic nitrogens is 2. The smallest absolute Gasteiger partial charge is 0.233 e. The Hall–Kier alpha value is -1.85. The zero-order valence-electron chi connectivity index (χ0n) is 18.2. The van der Waals surface area contributed by atoms with Crippen LogP contribution in [-0.2, 0) is 16.8 Å². The highest BCUT2D eigenvalue weighted by molar-refractivity contribution is 6.30. The van der Waals surface area contributed by atoms with Crippen molar-refractivity contribution in [3.8, 4) is 0 Å². The molecule has 162 valence electrons. The maximum Gasteiger partial charge on any atom is 0.233 e. The summed E-state index contributed by atoms with van der Waals surface area (Å²) in [6.07, 6.45) is 8.11. The fourth-order valence-electron chi connectivity index (χ4n) is 5.11. The number of piperazine rings is 1. The molecule has 0 bridgehead atoms. The number of carbonyl (C=O) groups is 1. The number of amides is 1. The molecule has 1 saturated carbocycles. The van der Waals surface area contributed by atoms with Gasteiger partial charge in [0.2, 0.25) is 5.91 Å². The van der Waals surface area contributed by atoms with Gasteiger partial charge < -0.3 is 9.47 Å². The van der Waals surface area contributed by atoms with Crippen molar-refractivity contribution in [2.45, 2.75) is 57.4 Å². The van der Waals surface area contributed by atoms with Crippen LogP contribution < -0.4 is 0 Å². The lowest BCUT2D eigenvalue weighted by atomic mass is 9.77. The van der Waals surface area contributed by atoms with Gasteiger partial charge in [0.1, 0.15) is 5.82 Å². The first-order valence-corrected chi connectivity index (χ1v) is 11.7. The van der Waals surface area contributed by atoms with Gasteiger partial charge in [0, 0.05) is 62.6 Å². The number of hydrogen-bond donors (Lipinski definition) is 0. The van der Waals surface area contributed by atoms with Gasteiger partial charge in [0.25, 0.3) is 0 Å². The minimum Gasteiger partial charge on any atom is -0.339 e. The molecule has 1 saturated heterocycles. The van der Waals surface area contributed by atoms with Crippen LogP contribution in [0.1, 0.15) is 56.8 Å². The van der Waals surface area contributed by atoms with Gasteiger partial charge in [-0.05, 0) is 30.5 Å². The Labute approximate surface area is 185 Å². The first kappa shape index (κ1) is 21.4. The van der Waals surface area contributed by atoms with Crippen molar-refractivity contribution in [2.75, 3.05) is 32.7 Å². The summed E-state index contributed by atoms with van der Waals surface area (Å²) in [7, 11) is 0. The van der Waals surface area contributed by atoms with Crippen molar-refractivity contribution in [3.05, 3.63) is 53.1 Å². The van der Waals surface area contributed by atoms with Gasteiger partial charge in [-0.2, -0.15) is 0 Å². The van der Waals surface area contributed by atoms with E-state index in [9.17, 15) is 4.79 Å². The van der Waals surface area contributed by atoms with Crippen LogP contribution in [0.5, 0.6) is 0 Å². The van der Waals surface area contributed by atoms with Gasteiger partial charge in [-0.25, -0.2) is 4.98 Å². The molecule has 0 unspecified atom stereocenters. The van der Waals surface area contributed by atoms with Gasteiger partial charge in [0.05, 0.1) is 5.41 Å². The Morgan fingerprint density at radius 3 is 2.37 bits per heavy atom. The lowest BCUT2D eigenvalue weighted by molar-refractivity contribution is -0.139. The topological polar surface area (TPSA) is 41.4 Å². The molecule has 2 heterocycles. The van der Waals surface area contributed by atoms with Crippen molar-refractivity contribution >= 4 is 17.5 Å². The van der Waals surface area contributed by atoms with Gasteiger partial charge in [-0.15, -0.1) is 0 Å². The summed E-state index contributed by atoms with van der Waals surface area (Å²) in [4.78, 5) is 22.7. The molecule has 1 aliphatic heterocycles. The number of benzene rings is 1. The van der Waals surface area contributed by atoms with E-state index in [1.165, 1.54) is 0 Å². The van der Waals surface area contributed by atoms with E-state index < -0.39 is 0 Å². The van der Waals surface area contributed by atoms with Crippen LogP contribution in [0.25, 0.3) is 0 Å². The second-order valence-corrected chi connectivity index (χ2v) is 9.50. The van der Waals surface area contributed by atoms with Crippen LogP contribution >= 0.6 is 11.6 Å². The number of nitrogens with zero attached hydrogens (tertiary/aromatic N) is 4. The van der Waals surface area contributed by atoms with E-state index in [0.29, 0.717) is 11.8 Å². The minimum atomic E-state index is -0.351. The second-order valence-electron chi connectivity index (χ2n) is 9.06. The van der Waals surface area contributed by atoms with E-state index in [1.54, 1.807) is 0 Å². The summed E-state index contributed by atoms with van der Waals surface area (Å²) >= 11 is 6.10. The molecule has 5 nitrogen and oxygen atoms in total. The Bertz CT molecular complexity index is 846. The van der Waals surface area contributed by atoms with E-state index in [4.69, 9.17) is 11.6 Å². The fourth-order valence-corrected chi connectivity index (χ4v) is 5.24. The number of halogens is 1. The molecule has 0 spiro atoms. The summed E-state index contributed by atoms with van der Waals surface area (Å²) in [6.45, 7) is 9.83. The van der Waals surface area contributed by atoms with Crippen molar-refractivity contribution < 1.29 is 4.79 Å². The van der Waals surface area contributed by atoms with Crippen LogP contribution in [0.4, 0.5) is 0 Å².